The van der Waals surface area contributed by atoms with Gasteiger partial charge in [-0.2, -0.15) is 5.26 Å². The van der Waals surface area contributed by atoms with Gasteiger partial charge in [0.25, 0.3) is 0 Å². The van der Waals surface area contributed by atoms with Gasteiger partial charge in [-0.15, -0.1) is 0 Å². The average Bonchev–Trinajstić information content (AvgIpc) is 2.98. The molecule has 0 radical (unpaired) electrons. The number of hydrogen-bond donors (Lipinski definition) is 3. The number of rotatable bonds is 12. The summed E-state index contributed by atoms with van der Waals surface area (Å²) in [5, 5.41) is 20.5. The molecule has 2 aromatic rings. The van der Waals surface area contributed by atoms with Crippen molar-refractivity contribution in [1.82, 2.24) is 15.3 Å². The van der Waals surface area contributed by atoms with Gasteiger partial charge in [-0.05, 0) is 96.9 Å². The Kier molecular flexibility index (Phi) is 11.4. The number of ether oxygens (including phenoxy) is 3. The van der Waals surface area contributed by atoms with E-state index in [-0.39, 0.29) is 18.6 Å². The standard InChI is InChI=1S/C33H48N6O4/c1-23-18-35-30(17-27(23)28-7-6-8-29(39-28)36-22-33(21-34)13-15-41-16-14-33)38-26-11-9-25(10-12-26)37-24(2)19-42-20-31(40)43-32(3,4)5/h6-8,17-18,24-26,37H,9-16,19-20,22H2,1-5H3,(H,35,38)(H,36,39)/t24-,25?,26?/m0/s1. The average molecular weight is 593 g/mol. The van der Waals surface area contributed by atoms with Crippen LogP contribution < -0.4 is 16.0 Å². The molecule has 1 saturated heterocycles. The molecule has 2 aliphatic rings. The maximum Gasteiger partial charge on any atom is 0.332 e. The van der Waals surface area contributed by atoms with Crippen molar-refractivity contribution in [3.05, 3.63) is 36.0 Å². The molecule has 0 bridgehead atoms. The summed E-state index contributed by atoms with van der Waals surface area (Å²) < 4.78 is 16.3. The second-order valence-corrected chi connectivity index (χ2v) is 13.0. The van der Waals surface area contributed by atoms with E-state index in [4.69, 9.17) is 19.2 Å². The zero-order valence-corrected chi connectivity index (χ0v) is 26.4. The monoisotopic (exact) mass is 592 g/mol. The Morgan fingerprint density at radius 2 is 1.88 bits per heavy atom. The number of anilines is 2. The molecule has 2 aromatic heterocycles. The highest BCUT2D eigenvalue weighted by Crippen LogP contribution is 2.31. The third-order valence-electron chi connectivity index (χ3n) is 8.03. The van der Waals surface area contributed by atoms with E-state index in [0.717, 1.165) is 67.0 Å². The van der Waals surface area contributed by atoms with Crippen molar-refractivity contribution < 1.29 is 19.0 Å². The van der Waals surface area contributed by atoms with Gasteiger partial charge in [0, 0.05) is 49.6 Å². The fourth-order valence-electron chi connectivity index (χ4n) is 5.67. The van der Waals surface area contributed by atoms with Crippen LogP contribution in [0.4, 0.5) is 11.6 Å². The minimum atomic E-state index is -0.500. The number of nitriles is 1. The van der Waals surface area contributed by atoms with Gasteiger partial charge >= 0.3 is 5.97 Å². The van der Waals surface area contributed by atoms with Crippen molar-refractivity contribution in [3.8, 4) is 17.3 Å². The van der Waals surface area contributed by atoms with Crippen LogP contribution in [0.5, 0.6) is 0 Å². The largest absolute Gasteiger partial charge is 0.458 e. The van der Waals surface area contributed by atoms with Crippen molar-refractivity contribution in [2.45, 2.75) is 96.9 Å². The highest BCUT2D eigenvalue weighted by Gasteiger charge is 2.32. The molecule has 1 aliphatic carbocycles. The van der Waals surface area contributed by atoms with E-state index in [0.29, 0.717) is 38.4 Å². The molecule has 234 valence electrons. The Hall–Kier alpha value is -3.26. The predicted molar refractivity (Wildman–Crippen MR) is 168 cm³/mol. The van der Waals surface area contributed by atoms with Crippen molar-refractivity contribution in [3.63, 3.8) is 0 Å². The smallest absolute Gasteiger partial charge is 0.332 e. The number of nitrogens with zero attached hydrogens (tertiary/aromatic N) is 3. The Morgan fingerprint density at radius 3 is 2.58 bits per heavy atom. The van der Waals surface area contributed by atoms with Crippen molar-refractivity contribution >= 4 is 17.6 Å². The van der Waals surface area contributed by atoms with Crippen LogP contribution in [0.1, 0.15) is 71.8 Å². The molecular formula is C33H48N6O4. The number of aryl methyl sites for hydroxylation is 1. The van der Waals surface area contributed by atoms with Crippen LogP contribution >= 0.6 is 0 Å². The SMILES string of the molecule is Cc1cnc(NC2CCC(N[C@@H](C)COCC(=O)OC(C)(C)C)CC2)cc1-c1cccc(NCC2(C#N)CCOCC2)n1. The number of esters is 1. The van der Waals surface area contributed by atoms with E-state index in [9.17, 15) is 10.1 Å². The molecule has 0 unspecified atom stereocenters. The zero-order chi connectivity index (χ0) is 30.9. The lowest BCUT2D eigenvalue weighted by molar-refractivity contribution is -0.160. The first kappa shape index (κ1) is 32.6. The molecule has 2 fully saturated rings. The number of carbonyl (C=O) groups is 1. The maximum absolute atomic E-state index is 11.9. The second kappa shape index (κ2) is 15.0. The van der Waals surface area contributed by atoms with Gasteiger partial charge in [0.05, 0.1) is 23.8 Å². The molecule has 3 heterocycles. The number of pyridine rings is 2. The fraction of sp³-hybridized carbons (Fsp3) is 0.636. The minimum absolute atomic E-state index is 0.0282. The lowest BCUT2D eigenvalue weighted by Gasteiger charge is -2.32. The van der Waals surface area contributed by atoms with Crippen LogP contribution in [-0.2, 0) is 19.0 Å². The van der Waals surface area contributed by atoms with Gasteiger partial charge in [-0.25, -0.2) is 14.8 Å². The van der Waals surface area contributed by atoms with E-state index in [1.165, 1.54) is 0 Å². The molecule has 10 nitrogen and oxygen atoms in total. The Labute approximate surface area is 256 Å². The second-order valence-electron chi connectivity index (χ2n) is 13.0. The number of nitrogens with one attached hydrogen (secondary N) is 3. The minimum Gasteiger partial charge on any atom is -0.458 e. The molecule has 4 rings (SSSR count). The number of carbonyl (C=O) groups excluding carboxylic acids is 1. The Morgan fingerprint density at radius 1 is 1.16 bits per heavy atom. The zero-order valence-electron chi connectivity index (χ0n) is 26.4. The van der Waals surface area contributed by atoms with Gasteiger partial charge < -0.3 is 30.2 Å². The maximum atomic E-state index is 11.9. The highest BCUT2D eigenvalue weighted by atomic mass is 16.6. The Bertz CT molecular complexity index is 1240. The molecule has 1 aliphatic heterocycles. The van der Waals surface area contributed by atoms with Crippen LogP contribution in [0.3, 0.4) is 0 Å². The number of aromatic nitrogens is 2. The summed E-state index contributed by atoms with van der Waals surface area (Å²) >= 11 is 0. The lowest BCUT2D eigenvalue weighted by Crippen LogP contribution is -2.43. The molecule has 3 N–H and O–H groups in total. The molecule has 1 saturated carbocycles. The quantitative estimate of drug-likeness (QED) is 0.281. The van der Waals surface area contributed by atoms with E-state index in [2.05, 4.69) is 46.9 Å². The van der Waals surface area contributed by atoms with Crippen LogP contribution in [0.2, 0.25) is 0 Å². The molecule has 43 heavy (non-hydrogen) atoms. The third-order valence-corrected chi connectivity index (χ3v) is 8.03. The van der Waals surface area contributed by atoms with Crippen LogP contribution in [0, 0.1) is 23.7 Å². The van der Waals surface area contributed by atoms with Crippen LogP contribution in [0.25, 0.3) is 11.3 Å². The summed E-state index contributed by atoms with van der Waals surface area (Å²) in [6.45, 7) is 11.9. The van der Waals surface area contributed by atoms with Crippen molar-refractivity contribution in [2.75, 3.05) is 43.6 Å². The molecule has 1 atom stereocenters. The molecular weight excluding hydrogens is 544 g/mol. The van der Waals surface area contributed by atoms with Crippen molar-refractivity contribution in [1.29, 1.82) is 5.26 Å². The fourth-order valence-corrected chi connectivity index (χ4v) is 5.67. The van der Waals surface area contributed by atoms with Crippen molar-refractivity contribution in [2.24, 2.45) is 5.41 Å². The topological polar surface area (TPSA) is 130 Å². The van der Waals surface area contributed by atoms with E-state index >= 15 is 0 Å². The molecule has 0 amide bonds. The van der Waals surface area contributed by atoms with E-state index in [1.54, 1.807) is 0 Å². The van der Waals surface area contributed by atoms with Gasteiger partial charge in [-0.1, -0.05) is 6.07 Å². The Balaban J connectivity index is 1.25. The third kappa shape index (κ3) is 10.2. The normalized spacial score (nSPS) is 20.9. The van der Waals surface area contributed by atoms with E-state index in [1.807, 2.05) is 45.2 Å². The lowest BCUT2D eigenvalue weighted by atomic mass is 9.82. The van der Waals surface area contributed by atoms with Crippen LogP contribution in [-0.4, -0.2) is 72.6 Å². The van der Waals surface area contributed by atoms with Gasteiger partial charge in [0.15, 0.2) is 0 Å². The summed E-state index contributed by atoms with van der Waals surface area (Å²) in [6, 6.07) is 11.5. The van der Waals surface area contributed by atoms with Gasteiger partial charge in [-0.3, -0.25) is 0 Å². The molecule has 0 aromatic carbocycles. The summed E-state index contributed by atoms with van der Waals surface area (Å²) in [6.07, 6.45) is 7.55. The first-order valence-corrected chi connectivity index (χ1v) is 15.5. The first-order chi connectivity index (χ1) is 20.5. The molecule has 0 spiro atoms. The number of hydrogen-bond acceptors (Lipinski definition) is 10. The van der Waals surface area contributed by atoms with E-state index < -0.39 is 11.0 Å². The highest BCUT2D eigenvalue weighted by molar-refractivity contribution is 5.71. The summed E-state index contributed by atoms with van der Waals surface area (Å²) in [5.74, 6) is 1.28. The van der Waals surface area contributed by atoms with Gasteiger partial charge in [0.1, 0.15) is 23.8 Å². The molecule has 10 heteroatoms. The first-order valence-electron chi connectivity index (χ1n) is 15.5. The predicted octanol–water partition coefficient (Wildman–Crippen LogP) is 5.24. The summed E-state index contributed by atoms with van der Waals surface area (Å²) in [5.41, 5.74) is 2.06. The van der Waals surface area contributed by atoms with Crippen LogP contribution in [0.15, 0.2) is 30.5 Å². The van der Waals surface area contributed by atoms with Gasteiger partial charge in [0.2, 0.25) is 0 Å². The summed E-state index contributed by atoms with van der Waals surface area (Å²) in [4.78, 5) is 21.4. The summed E-state index contributed by atoms with van der Waals surface area (Å²) in [7, 11) is 0.